The van der Waals surface area contributed by atoms with Gasteiger partial charge in [-0.3, -0.25) is 4.79 Å². The van der Waals surface area contributed by atoms with Crippen molar-refractivity contribution in [1.82, 2.24) is 5.32 Å². The zero-order valence-corrected chi connectivity index (χ0v) is 14.7. The van der Waals surface area contributed by atoms with Crippen LogP contribution in [0.5, 0.6) is 5.75 Å². The molecule has 0 aromatic heterocycles. The lowest BCUT2D eigenvalue weighted by molar-refractivity contribution is -0.121. The number of hydrogen-bond acceptors (Lipinski definition) is 3. The zero-order valence-electron chi connectivity index (χ0n) is 14.7. The molecule has 0 spiro atoms. The molecule has 1 saturated carbocycles. The van der Waals surface area contributed by atoms with Gasteiger partial charge in [-0.25, -0.2) is 0 Å². The van der Waals surface area contributed by atoms with Crippen LogP contribution in [0.3, 0.4) is 0 Å². The van der Waals surface area contributed by atoms with E-state index in [0.717, 1.165) is 12.0 Å². The molecule has 1 fully saturated rings. The Hall–Kier alpha value is -1.69. The van der Waals surface area contributed by atoms with E-state index in [1.165, 1.54) is 31.4 Å². The first-order chi connectivity index (χ1) is 12.0. The summed E-state index contributed by atoms with van der Waals surface area (Å²) in [6, 6.07) is 6.36. The molecule has 2 atom stereocenters. The van der Waals surface area contributed by atoms with E-state index in [-0.39, 0.29) is 11.7 Å². The average molecular weight is 355 g/mol. The van der Waals surface area contributed by atoms with Crippen LogP contribution in [0.4, 0.5) is 8.78 Å². The standard InChI is InChI=1S/C19H27F2NO3/c1-14-4-2-3-5-17(14)24-13-12-22-18(23)11-8-15-6-9-16(10-7-15)25-19(20)21/h6-7,9-10,14,17,19H,2-5,8,11-13H2,1H3,(H,22,23). The number of benzene rings is 1. The second-order valence-corrected chi connectivity index (χ2v) is 6.54. The fraction of sp³-hybridized carbons (Fsp3) is 0.632. The van der Waals surface area contributed by atoms with Gasteiger partial charge in [-0.05, 0) is 42.9 Å². The summed E-state index contributed by atoms with van der Waals surface area (Å²) >= 11 is 0. The largest absolute Gasteiger partial charge is 0.435 e. The molecule has 1 aromatic rings. The number of hydrogen-bond donors (Lipinski definition) is 1. The van der Waals surface area contributed by atoms with Gasteiger partial charge in [0, 0.05) is 13.0 Å². The molecule has 1 aliphatic rings. The van der Waals surface area contributed by atoms with Crippen LogP contribution in [0.25, 0.3) is 0 Å². The van der Waals surface area contributed by atoms with E-state index in [1.54, 1.807) is 12.1 Å². The monoisotopic (exact) mass is 355 g/mol. The smallest absolute Gasteiger partial charge is 0.387 e. The van der Waals surface area contributed by atoms with Gasteiger partial charge < -0.3 is 14.8 Å². The van der Waals surface area contributed by atoms with E-state index in [1.807, 2.05) is 0 Å². The molecule has 0 heterocycles. The minimum atomic E-state index is -2.82. The van der Waals surface area contributed by atoms with Gasteiger partial charge in [-0.1, -0.05) is 31.9 Å². The molecule has 4 nitrogen and oxygen atoms in total. The van der Waals surface area contributed by atoms with Gasteiger partial charge in [-0.15, -0.1) is 0 Å². The normalized spacial score (nSPS) is 20.5. The Morgan fingerprint density at radius 1 is 1.24 bits per heavy atom. The molecule has 2 rings (SSSR count). The number of aryl methyl sites for hydroxylation is 1. The quantitative estimate of drug-likeness (QED) is 0.683. The van der Waals surface area contributed by atoms with Crippen LogP contribution < -0.4 is 10.1 Å². The van der Waals surface area contributed by atoms with Gasteiger partial charge in [0.2, 0.25) is 5.91 Å². The summed E-state index contributed by atoms with van der Waals surface area (Å²) in [5.74, 6) is 0.687. The molecular formula is C19H27F2NO3. The van der Waals surface area contributed by atoms with E-state index in [4.69, 9.17) is 4.74 Å². The third-order valence-corrected chi connectivity index (χ3v) is 4.58. The Labute approximate surface area is 147 Å². The number of halogens is 2. The van der Waals surface area contributed by atoms with Crippen molar-refractivity contribution in [2.75, 3.05) is 13.2 Å². The molecule has 1 amide bonds. The molecule has 0 aliphatic heterocycles. The maximum absolute atomic E-state index is 12.1. The molecule has 1 N–H and O–H groups in total. The highest BCUT2D eigenvalue weighted by Crippen LogP contribution is 2.26. The molecule has 0 radical (unpaired) electrons. The first-order valence-electron chi connectivity index (χ1n) is 8.96. The van der Waals surface area contributed by atoms with E-state index in [9.17, 15) is 13.6 Å². The molecule has 0 saturated heterocycles. The SMILES string of the molecule is CC1CCCCC1OCCNC(=O)CCc1ccc(OC(F)F)cc1. The topological polar surface area (TPSA) is 47.6 Å². The number of carbonyl (C=O) groups is 1. The van der Waals surface area contributed by atoms with Gasteiger partial charge in [0.25, 0.3) is 0 Å². The highest BCUT2D eigenvalue weighted by molar-refractivity contribution is 5.76. The van der Waals surface area contributed by atoms with Crippen molar-refractivity contribution in [3.63, 3.8) is 0 Å². The van der Waals surface area contributed by atoms with Crippen molar-refractivity contribution in [2.24, 2.45) is 5.92 Å². The Morgan fingerprint density at radius 2 is 1.96 bits per heavy atom. The fourth-order valence-corrected chi connectivity index (χ4v) is 3.11. The third kappa shape index (κ3) is 7.38. The number of amides is 1. The number of carbonyl (C=O) groups excluding carboxylic acids is 1. The highest BCUT2D eigenvalue weighted by atomic mass is 19.3. The van der Waals surface area contributed by atoms with Crippen LogP contribution >= 0.6 is 0 Å². The van der Waals surface area contributed by atoms with E-state index < -0.39 is 6.61 Å². The van der Waals surface area contributed by atoms with E-state index >= 15 is 0 Å². The third-order valence-electron chi connectivity index (χ3n) is 4.58. The minimum absolute atomic E-state index is 0.0341. The summed E-state index contributed by atoms with van der Waals surface area (Å²) in [5, 5.41) is 2.86. The van der Waals surface area contributed by atoms with Crippen molar-refractivity contribution >= 4 is 5.91 Å². The van der Waals surface area contributed by atoms with Crippen molar-refractivity contribution in [2.45, 2.75) is 58.2 Å². The Balaban J connectivity index is 1.59. The average Bonchev–Trinajstić information content (AvgIpc) is 2.59. The lowest BCUT2D eigenvalue weighted by Gasteiger charge is -2.28. The maximum atomic E-state index is 12.1. The van der Waals surface area contributed by atoms with Gasteiger partial charge >= 0.3 is 6.61 Å². The number of ether oxygens (including phenoxy) is 2. The predicted octanol–water partition coefficient (Wildman–Crippen LogP) is 3.93. The summed E-state index contributed by atoms with van der Waals surface area (Å²) in [6.07, 6.45) is 6.07. The van der Waals surface area contributed by atoms with E-state index in [0.29, 0.717) is 38.0 Å². The van der Waals surface area contributed by atoms with Crippen LogP contribution in [0.15, 0.2) is 24.3 Å². The lowest BCUT2D eigenvalue weighted by Crippen LogP contribution is -2.31. The zero-order chi connectivity index (χ0) is 18.1. The van der Waals surface area contributed by atoms with Crippen molar-refractivity contribution in [3.05, 3.63) is 29.8 Å². The molecule has 6 heteroatoms. The van der Waals surface area contributed by atoms with Crippen LogP contribution in [-0.4, -0.2) is 31.8 Å². The predicted molar refractivity (Wildman–Crippen MR) is 91.8 cm³/mol. The summed E-state index contributed by atoms with van der Waals surface area (Å²) in [4.78, 5) is 11.9. The second-order valence-electron chi connectivity index (χ2n) is 6.54. The van der Waals surface area contributed by atoms with Crippen molar-refractivity contribution in [3.8, 4) is 5.75 Å². The van der Waals surface area contributed by atoms with Crippen LogP contribution in [-0.2, 0) is 16.0 Å². The Morgan fingerprint density at radius 3 is 2.64 bits per heavy atom. The number of rotatable bonds is 9. The molecule has 25 heavy (non-hydrogen) atoms. The van der Waals surface area contributed by atoms with Crippen LogP contribution in [0.2, 0.25) is 0 Å². The first-order valence-corrected chi connectivity index (χ1v) is 8.96. The van der Waals surface area contributed by atoms with Crippen molar-refractivity contribution < 1.29 is 23.0 Å². The Kier molecular flexibility index (Phi) is 8.12. The van der Waals surface area contributed by atoms with Crippen LogP contribution in [0, 0.1) is 5.92 Å². The van der Waals surface area contributed by atoms with Gasteiger partial charge in [-0.2, -0.15) is 8.78 Å². The number of alkyl halides is 2. The summed E-state index contributed by atoms with van der Waals surface area (Å²) in [6.45, 7) is 0.458. The number of nitrogens with one attached hydrogen (secondary N) is 1. The fourth-order valence-electron chi connectivity index (χ4n) is 3.11. The van der Waals surface area contributed by atoms with Crippen LogP contribution in [0.1, 0.15) is 44.6 Å². The molecular weight excluding hydrogens is 328 g/mol. The molecule has 0 bridgehead atoms. The first kappa shape index (κ1) is 19.6. The molecule has 2 unspecified atom stereocenters. The lowest BCUT2D eigenvalue weighted by atomic mass is 9.88. The van der Waals surface area contributed by atoms with Gasteiger partial charge in [0.15, 0.2) is 0 Å². The molecule has 1 aliphatic carbocycles. The maximum Gasteiger partial charge on any atom is 0.387 e. The van der Waals surface area contributed by atoms with E-state index in [2.05, 4.69) is 17.0 Å². The van der Waals surface area contributed by atoms with Gasteiger partial charge in [0.1, 0.15) is 5.75 Å². The Bertz CT molecular complexity index is 522. The highest BCUT2D eigenvalue weighted by Gasteiger charge is 2.21. The van der Waals surface area contributed by atoms with Crippen molar-refractivity contribution in [1.29, 1.82) is 0 Å². The second kappa shape index (κ2) is 10.3. The summed E-state index contributed by atoms with van der Waals surface area (Å²) in [5.41, 5.74) is 0.907. The summed E-state index contributed by atoms with van der Waals surface area (Å²) < 4.78 is 34.3. The summed E-state index contributed by atoms with van der Waals surface area (Å²) in [7, 11) is 0. The molecule has 140 valence electrons. The van der Waals surface area contributed by atoms with Gasteiger partial charge in [0.05, 0.1) is 12.7 Å². The minimum Gasteiger partial charge on any atom is -0.435 e. The molecule has 1 aromatic carbocycles.